The monoisotopic (exact) mass is 288 g/mol. The molecule has 0 atom stereocenters. The van der Waals surface area contributed by atoms with E-state index in [0.29, 0.717) is 34.9 Å². The largest absolute Gasteiger partial charge is 0.481 e. The van der Waals surface area contributed by atoms with Crippen LogP contribution < -0.4 is 0 Å². The molecule has 0 amide bonds. The first-order valence-corrected chi connectivity index (χ1v) is 6.46. The number of carboxylic acid groups (broad SMARTS) is 1. The van der Waals surface area contributed by atoms with Crippen molar-refractivity contribution >= 4 is 35.0 Å². The van der Waals surface area contributed by atoms with Gasteiger partial charge in [-0.2, -0.15) is 0 Å². The zero-order chi connectivity index (χ0) is 13.5. The van der Waals surface area contributed by atoms with Gasteiger partial charge in [0.2, 0.25) is 0 Å². The highest BCUT2D eigenvalue weighted by Gasteiger charge is 2.10. The zero-order valence-corrected chi connectivity index (χ0v) is 11.3. The van der Waals surface area contributed by atoms with E-state index in [1.807, 2.05) is 0 Å². The van der Waals surface area contributed by atoms with E-state index in [9.17, 15) is 9.59 Å². The molecule has 18 heavy (non-hydrogen) atoms. The SMILES string of the molecule is O=C(O)CCCCCC(=O)c1ccc(Cl)cc1Cl. The Hall–Kier alpha value is -1.06. The fraction of sp³-hybridized carbons (Fsp3) is 0.385. The van der Waals surface area contributed by atoms with Crippen molar-refractivity contribution in [1.29, 1.82) is 0 Å². The van der Waals surface area contributed by atoms with Crippen molar-refractivity contribution in [2.75, 3.05) is 0 Å². The number of halogens is 2. The minimum absolute atomic E-state index is 0.0352. The first-order chi connectivity index (χ1) is 8.50. The number of carboxylic acids is 1. The van der Waals surface area contributed by atoms with E-state index in [4.69, 9.17) is 28.3 Å². The molecule has 1 aromatic rings. The summed E-state index contributed by atoms with van der Waals surface area (Å²) in [5.74, 6) is -0.839. The first-order valence-electron chi connectivity index (χ1n) is 5.70. The van der Waals surface area contributed by atoms with Crippen LogP contribution in [0.5, 0.6) is 0 Å². The highest BCUT2D eigenvalue weighted by atomic mass is 35.5. The molecule has 1 N–H and O–H groups in total. The van der Waals surface area contributed by atoms with Gasteiger partial charge in [0.25, 0.3) is 0 Å². The first kappa shape index (κ1) is 15.0. The Kier molecular flexibility index (Phi) is 6.16. The lowest BCUT2D eigenvalue weighted by Gasteiger charge is -2.04. The van der Waals surface area contributed by atoms with Gasteiger partial charge in [-0.05, 0) is 31.0 Å². The Balaban J connectivity index is 2.39. The van der Waals surface area contributed by atoms with Gasteiger partial charge in [-0.25, -0.2) is 0 Å². The predicted molar refractivity (Wildman–Crippen MR) is 71.5 cm³/mol. The van der Waals surface area contributed by atoms with Crippen LogP contribution in [0.1, 0.15) is 42.5 Å². The molecule has 0 bridgehead atoms. The third kappa shape index (κ3) is 5.07. The van der Waals surface area contributed by atoms with Crippen molar-refractivity contribution in [1.82, 2.24) is 0 Å². The number of carbonyl (C=O) groups excluding carboxylic acids is 1. The summed E-state index contributed by atoms with van der Waals surface area (Å²) in [5.41, 5.74) is 0.472. The van der Waals surface area contributed by atoms with Gasteiger partial charge in [0.1, 0.15) is 0 Å². The second kappa shape index (κ2) is 7.39. The summed E-state index contributed by atoms with van der Waals surface area (Å²) < 4.78 is 0. The summed E-state index contributed by atoms with van der Waals surface area (Å²) in [6.07, 6.45) is 2.52. The van der Waals surface area contributed by atoms with Crippen LogP contribution in [0.4, 0.5) is 0 Å². The fourth-order valence-corrected chi connectivity index (χ4v) is 2.10. The van der Waals surface area contributed by atoms with Crippen molar-refractivity contribution in [3.05, 3.63) is 33.8 Å². The van der Waals surface area contributed by atoms with Crippen LogP contribution in [0.25, 0.3) is 0 Å². The number of rotatable bonds is 7. The summed E-state index contributed by atoms with van der Waals surface area (Å²) >= 11 is 11.7. The highest BCUT2D eigenvalue weighted by Crippen LogP contribution is 2.22. The molecule has 0 spiro atoms. The summed E-state index contributed by atoms with van der Waals surface area (Å²) in [5, 5.41) is 9.32. The van der Waals surface area contributed by atoms with Crippen molar-refractivity contribution in [3.8, 4) is 0 Å². The molecule has 0 heterocycles. The maximum atomic E-state index is 11.8. The molecule has 0 aromatic heterocycles. The van der Waals surface area contributed by atoms with E-state index in [0.717, 1.165) is 6.42 Å². The van der Waals surface area contributed by atoms with Gasteiger partial charge < -0.3 is 5.11 Å². The average molecular weight is 289 g/mol. The number of hydrogen-bond acceptors (Lipinski definition) is 2. The number of hydrogen-bond donors (Lipinski definition) is 1. The van der Waals surface area contributed by atoms with Crippen LogP contribution in [0, 0.1) is 0 Å². The lowest BCUT2D eigenvalue weighted by atomic mass is 10.0. The molecular weight excluding hydrogens is 275 g/mol. The van der Waals surface area contributed by atoms with E-state index in [1.54, 1.807) is 18.2 Å². The topological polar surface area (TPSA) is 54.4 Å². The molecule has 1 aromatic carbocycles. The van der Waals surface area contributed by atoms with Crippen LogP contribution >= 0.6 is 23.2 Å². The van der Waals surface area contributed by atoms with E-state index >= 15 is 0 Å². The molecule has 0 aliphatic rings. The number of unbranched alkanes of at least 4 members (excludes halogenated alkanes) is 2. The van der Waals surface area contributed by atoms with Crippen molar-refractivity contribution < 1.29 is 14.7 Å². The molecule has 0 fully saturated rings. The Morgan fingerprint density at radius 3 is 2.33 bits per heavy atom. The van der Waals surface area contributed by atoms with E-state index in [1.165, 1.54) is 0 Å². The quantitative estimate of drug-likeness (QED) is 0.604. The van der Waals surface area contributed by atoms with Crippen molar-refractivity contribution in [3.63, 3.8) is 0 Å². The second-order valence-electron chi connectivity index (χ2n) is 4.00. The number of aliphatic carboxylic acids is 1. The van der Waals surface area contributed by atoms with Gasteiger partial charge in [-0.1, -0.05) is 29.6 Å². The molecule has 98 valence electrons. The van der Waals surface area contributed by atoms with Crippen LogP contribution in [-0.4, -0.2) is 16.9 Å². The van der Waals surface area contributed by atoms with Crippen molar-refractivity contribution in [2.45, 2.75) is 32.1 Å². The Morgan fingerprint density at radius 2 is 1.72 bits per heavy atom. The molecule has 0 saturated carbocycles. The third-order valence-electron chi connectivity index (χ3n) is 2.53. The average Bonchev–Trinajstić information content (AvgIpc) is 2.27. The molecule has 0 aliphatic heterocycles. The lowest BCUT2D eigenvalue weighted by Crippen LogP contribution is -2.00. The predicted octanol–water partition coefficient (Wildman–Crippen LogP) is 4.21. The standard InChI is InChI=1S/C13H14Cl2O3/c14-9-6-7-10(11(15)8-9)12(16)4-2-1-3-5-13(17)18/h6-8H,1-5H2,(H,17,18). The highest BCUT2D eigenvalue weighted by molar-refractivity contribution is 6.36. The van der Waals surface area contributed by atoms with E-state index in [-0.39, 0.29) is 12.2 Å². The van der Waals surface area contributed by atoms with Crippen LogP contribution in [0.2, 0.25) is 10.0 Å². The number of benzene rings is 1. The fourth-order valence-electron chi connectivity index (χ4n) is 1.59. The molecule has 3 nitrogen and oxygen atoms in total. The van der Waals surface area contributed by atoms with Gasteiger partial charge >= 0.3 is 5.97 Å². The molecule has 0 saturated heterocycles. The van der Waals surface area contributed by atoms with Crippen molar-refractivity contribution in [2.24, 2.45) is 0 Å². The smallest absolute Gasteiger partial charge is 0.303 e. The van der Waals surface area contributed by atoms with Crippen LogP contribution in [-0.2, 0) is 4.79 Å². The number of Topliss-reactive ketones (excluding diaryl/α,β-unsaturated/α-hetero) is 1. The molecule has 5 heteroatoms. The zero-order valence-electron chi connectivity index (χ0n) is 9.79. The molecular formula is C13H14Cl2O3. The van der Waals surface area contributed by atoms with Gasteiger partial charge in [0.15, 0.2) is 5.78 Å². The maximum absolute atomic E-state index is 11.8. The van der Waals surface area contributed by atoms with Crippen LogP contribution in [0.15, 0.2) is 18.2 Å². The van der Waals surface area contributed by atoms with Gasteiger partial charge in [-0.15, -0.1) is 0 Å². The Labute approximate surface area is 116 Å². The third-order valence-corrected chi connectivity index (χ3v) is 3.07. The molecule has 0 aliphatic carbocycles. The molecule has 0 radical (unpaired) electrons. The molecule has 0 unspecified atom stereocenters. The van der Waals surface area contributed by atoms with Gasteiger partial charge in [-0.3, -0.25) is 9.59 Å². The minimum atomic E-state index is -0.804. The maximum Gasteiger partial charge on any atom is 0.303 e. The Bertz CT molecular complexity index is 444. The summed E-state index contributed by atoms with van der Waals surface area (Å²) in [6.45, 7) is 0. The van der Waals surface area contributed by atoms with E-state index < -0.39 is 5.97 Å². The van der Waals surface area contributed by atoms with Crippen LogP contribution in [0.3, 0.4) is 0 Å². The number of carbonyl (C=O) groups is 2. The summed E-state index contributed by atoms with van der Waals surface area (Å²) in [4.78, 5) is 22.1. The summed E-state index contributed by atoms with van der Waals surface area (Å²) in [7, 11) is 0. The Morgan fingerprint density at radius 1 is 1.06 bits per heavy atom. The summed E-state index contributed by atoms with van der Waals surface area (Å²) in [6, 6.07) is 4.79. The minimum Gasteiger partial charge on any atom is -0.481 e. The number of ketones is 1. The van der Waals surface area contributed by atoms with E-state index in [2.05, 4.69) is 0 Å². The second-order valence-corrected chi connectivity index (χ2v) is 4.85. The van der Waals surface area contributed by atoms with Gasteiger partial charge in [0.05, 0.1) is 5.02 Å². The normalized spacial score (nSPS) is 10.3. The molecule has 1 rings (SSSR count). The van der Waals surface area contributed by atoms with Gasteiger partial charge in [0, 0.05) is 23.4 Å². The lowest BCUT2D eigenvalue weighted by molar-refractivity contribution is -0.137.